The van der Waals surface area contributed by atoms with E-state index in [1.165, 1.54) is 5.56 Å². The molecule has 4 heteroatoms. The predicted molar refractivity (Wildman–Crippen MR) is 100 cm³/mol. The fraction of sp³-hybridized carbons (Fsp3) is 0.238. The third-order valence-corrected chi connectivity index (χ3v) is 4.41. The van der Waals surface area contributed by atoms with E-state index < -0.39 is 0 Å². The van der Waals surface area contributed by atoms with E-state index in [1.807, 2.05) is 45.2 Å². The third kappa shape index (κ3) is 3.48. The average Bonchev–Trinajstić information content (AvgIpc) is 2.89. The van der Waals surface area contributed by atoms with Gasteiger partial charge in [0.15, 0.2) is 0 Å². The quantitative estimate of drug-likeness (QED) is 0.722. The van der Waals surface area contributed by atoms with Gasteiger partial charge in [0.1, 0.15) is 0 Å². The van der Waals surface area contributed by atoms with Crippen LogP contribution in [-0.4, -0.2) is 27.4 Å². The minimum atomic E-state index is 0.0239. The van der Waals surface area contributed by atoms with Crippen molar-refractivity contribution in [2.45, 2.75) is 27.3 Å². The van der Waals surface area contributed by atoms with Crippen LogP contribution in [-0.2, 0) is 6.54 Å². The summed E-state index contributed by atoms with van der Waals surface area (Å²) in [6.45, 7) is 6.65. The van der Waals surface area contributed by atoms with Crippen molar-refractivity contribution in [3.8, 4) is 5.69 Å². The standard InChI is InChI=1S/C21H23N3O/c1-15-7-5-9-19(11-15)24-16(2)12-20(17(24)3)21(25)23(4)14-18-8-6-10-22-13-18/h5-13H,14H2,1-4H3. The fourth-order valence-corrected chi connectivity index (χ4v) is 3.19. The number of carbonyl (C=O) groups is 1. The summed E-state index contributed by atoms with van der Waals surface area (Å²) in [6, 6.07) is 14.2. The average molecular weight is 333 g/mol. The van der Waals surface area contributed by atoms with Crippen molar-refractivity contribution < 1.29 is 4.79 Å². The first kappa shape index (κ1) is 17.0. The molecule has 3 aromatic rings. The number of pyridine rings is 1. The zero-order valence-electron chi connectivity index (χ0n) is 15.2. The lowest BCUT2D eigenvalue weighted by atomic mass is 10.2. The Morgan fingerprint density at radius 1 is 1.12 bits per heavy atom. The van der Waals surface area contributed by atoms with Gasteiger partial charge in [0, 0.05) is 43.1 Å². The molecule has 4 nitrogen and oxygen atoms in total. The Hall–Kier alpha value is -2.88. The van der Waals surface area contributed by atoms with Crippen LogP contribution in [0.25, 0.3) is 5.69 Å². The molecule has 2 aromatic heterocycles. The molecule has 128 valence electrons. The molecule has 0 bridgehead atoms. The van der Waals surface area contributed by atoms with Crippen LogP contribution in [0.3, 0.4) is 0 Å². The maximum Gasteiger partial charge on any atom is 0.255 e. The number of aromatic nitrogens is 2. The molecule has 0 aliphatic heterocycles. The topological polar surface area (TPSA) is 38.1 Å². The van der Waals surface area contributed by atoms with Crippen LogP contribution >= 0.6 is 0 Å². The zero-order valence-corrected chi connectivity index (χ0v) is 15.2. The smallest absolute Gasteiger partial charge is 0.255 e. The summed E-state index contributed by atoms with van der Waals surface area (Å²) < 4.78 is 2.14. The summed E-state index contributed by atoms with van der Waals surface area (Å²) >= 11 is 0. The molecule has 0 aliphatic rings. The zero-order chi connectivity index (χ0) is 18.0. The Morgan fingerprint density at radius 2 is 1.92 bits per heavy atom. The van der Waals surface area contributed by atoms with Gasteiger partial charge in [-0.3, -0.25) is 9.78 Å². The van der Waals surface area contributed by atoms with Crippen molar-refractivity contribution in [2.24, 2.45) is 0 Å². The Labute approximate surface area is 148 Å². The Kier molecular flexibility index (Phi) is 4.70. The van der Waals surface area contributed by atoms with Gasteiger partial charge in [-0.05, 0) is 56.2 Å². The molecule has 1 amide bonds. The Bertz CT molecular complexity index is 897. The first-order chi connectivity index (χ1) is 12.0. The minimum absolute atomic E-state index is 0.0239. The summed E-state index contributed by atoms with van der Waals surface area (Å²) in [5.41, 5.74) is 6.07. The number of carbonyl (C=O) groups excluding carboxylic acids is 1. The maximum absolute atomic E-state index is 12.9. The summed E-state index contributed by atoms with van der Waals surface area (Å²) in [6.07, 6.45) is 3.53. The highest BCUT2D eigenvalue weighted by atomic mass is 16.2. The van der Waals surface area contributed by atoms with Crippen LogP contribution in [0.1, 0.15) is 32.9 Å². The van der Waals surface area contributed by atoms with Gasteiger partial charge in [-0.2, -0.15) is 0 Å². The molecule has 1 aromatic carbocycles. The lowest BCUT2D eigenvalue weighted by molar-refractivity contribution is 0.0784. The molecular formula is C21H23N3O. The van der Waals surface area contributed by atoms with Gasteiger partial charge in [-0.15, -0.1) is 0 Å². The molecule has 3 rings (SSSR count). The normalized spacial score (nSPS) is 10.7. The molecule has 0 N–H and O–H groups in total. The van der Waals surface area contributed by atoms with Crippen molar-refractivity contribution in [1.29, 1.82) is 0 Å². The van der Waals surface area contributed by atoms with Gasteiger partial charge in [-0.1, -0.05) is 18.2 Å². The number of aryl methyl sites for hydroxylation is 2. The number of hydrogen-bond donors (Lipinski definition) is 0. The monoisotopic (exact) mass is 333 g/mol. The molecule has 0 unspecified atom stereocenters. The highest BCUT2D eigenvalue weighted by Gasteiger charge is 2.20. The predicted octanol–water partition coefficient (Wildman–Crippen LogP) is 4.07. The third-order valence-electron chi connectivity index (χ3n) is 4.41. The van der Waals surface area contributed by atoms with Crippen molar-refractivity contribution in [3.05, 3.63) is 82.9 Å². The van der Waals surface area contributed by atoms with E-state index in [2.05, 4.69) is 34.7 Å². The van der Waals surface area contributed by atoms with E-state index in [-0.39, 0.29) is 5.91 Å². The Morgan fingerprint density at radius 3 is 2.60 bits per heavy atom. The van der Waals surface area contributed by atoms with Crippen LogP contribution in [0.2, 0.25) is 0 Å². The number of rotatable bonds is 4. The first-order valence-corrected chi connectivity index (χ1v) is 8.37. The second-order valence-electron chi connectivity index (χ2n) is 6.48. The van der Waals surface area contributed by atoms with E-state index in [9.17, 15) is 4.79 Å². The molecule has 0 aliphatic carbocycles. The van der Waals surface area contributed by atoms with E-state index in [0.717, 1.165) is 28.2 Å². The van der Waals surface area contributed by atoms with Crippen LogP contribution in [0.15, 0.2) is 54.9 Å². The lowest BCUT2D eigenvalue weighted by Gasteiger charge is -2.17. The fourth-order valence-electron chi connectivity index (χ4n) is 3.19. The highest BCUT2D eigenvalue weighted by Crippen LogP contribution is 2.23. The van der Waals surface area contributed by atoms with Gasteiger partial charge >= 0.3 is 0 Å². The van der Waals surface area contributed by atoms with E-state index >= 15 is 0 Å². The van der Waals surface area contributed by atoms with E-state index in [4.69, 9.17) is 0 Å². The number of benzene rings is 1. The summed E-state index contributed by atoms with van der Waals surface area (Å²) in [5, 5.41) is 0. The van der Waals surface area contributed by atoms with Gasteiger partial charge in [-0.25, -0.2) is 0 Å². The molecule has 0 fully saturated rings. The summed E-state index contributed by atoms with van der Waals surface area (Å²) in [7, 11) is 1.83. The Balaban J connectivity index is 1.90. The molecule has 0 spiro atoms. The van der Waals surface area contributed by atoms with Crippen LogP contribution in [0.4, 0.5) is 0 Å². The molecule has 25 heavy (non-hydrogen) atoms. The number of nitrogens with zero attached hydrogens (tertiary/aromatic N) is 3. The SMILES string of the molecule is Cc1cccc(-n2c(C)cc(C(=O)N(C)Cc3cccnc3)c2C)c1. The van der Waals surface area contributed by atoms with Crippen LogP contribution in [0.5, 0.6) is 0 Å². The second kappa shape index (κ2) is 6.93. The van der Waals surface area contributed by atoms with Crippen LogP contribution in [0, 0.1) is 20.8 Å². The molecule has 0 atom stereocenters. The van der Waals surface area contributed by atoms with E-state index in [1.54, 1.807) is 17.3 Å². The van der Waals surface area contributed by atoms with E-state index in [0.29, 0.717) is 6.54 Å². The van der Waals surface area contributed by atoms with Crippen molar-refractivity contribution in [3.63, 3.8) is 0 Å². The van der Waals surface area contributed by atoms with Gasteiger partial charge < -0.3 is 9.47 Å². The molecule has 0 saturated carbocycles. The van der Waals surface area contributed by atoms with Gasteiger partial charge in [0.25, 0.3) is 5.91 Å². The first-order valence-electron chi connectivity index (χ1n) is 8.37. The number of hydrogen-bond acceptors (Lipinski definition) is 2. The molecular weight excluding hydrogens is 310 g/mol. The maximum atomic E-state index is 12.9. The number of amides is 1. The summed E-state index contributed by atoms with van der Waals surface area (Å²) in [5.74, 6) is 0.0239. The molecule has 0 radical (unpaired) electrons. The summed E-state index contributed by atoms with van der Waals surface area (Å²) in [4.78, 5) is 18.8. The minimum Gasteiger partial charge on any atom is -0.337 e. The molecule has 2 heterocycles. The lowest BCUT2D eigenvalue weighted by Crippen LogP contribution is -2.26. The highest BCUT2D eigenvalue weighted by molar-refractivity contribution is 5.95. The molecule has 0 saturated heterocycles. The van der Waals surface area contributed by atoms with Gasteiger partial charge in [0.2, 0.25) is 0 Å². The van der Waals surface area contributed by atoms with Gasteiger partial charge in [0.05, 0.1) is 5.56 Å². The second-order valence-corrected chi connectivity index (χ2v) is 6.48. The van der Waals surface area contributed by atoms with Crippen molar-refractivity contribution in [1.82, 2.24) is 14.5 Å². The van der Waals surface area contributed by atoms with Crippen molar-refractivity contribution in [2.75, 3.05) is 7.05 Å². The van der Waals surface area contributed by atoms with Crippen LogP contribution < -0.4 is 0 Å². The van der Waals surface area contributed by atoms with Crippen molar-refractivity contribution >= 4 is 5.91 Å². The largest absolute Gasteiger partial charge is 0.337 e.